The van der Waals surface area contributed by atoms with Gasteiger partial charge in [-0.25, -0.2) is 0 Å². The van der Waals surface area contributed by atoms with E-state index in [1.165, 1.54) is 7.11 Å². The third-order valence-corrected chi connectivity index (χ3v) is 3.87. The van der Waals surface area contributed by atoms with E-state index in [2.05, 4.69) is 16.0 Å². The van der Waals surface area contributed by atoms with E-state index in [9.17, 15) is 9.59 Å². The van der Waals surface area contributed by atoms with Crippen molar-refractivity contribution in [2.24, 2.45) is 0 Å². The molecule has 0 aliphatic heterocycles. The van der Waals surface area contributed by atoms with Crippen molar-refractivity contribution in [3.05, 3.63) is 53.6 Å². The fourth-order valence-corrected chi connectivity index (χ4v) is 2.40. The van der Waals surface area contributed by atoms with E-state index in [1.54, 1.807) is 19.1 Å². The van der Waals surface area contributed by atoms with Gasteiger partial charge in [0.1, 0.15) is 12.6 Å². The Balaban J connectivity index is 1.94. The van der Waals surface area contributed by atoms with Crippen molar-refractivity contribution in [2.45, 2.75) is 26.8 Å². The Bertz CT molecular complexity index is 772. The van der Waals surface area contributed by atoms with Crippen LogP contribution in [-0.2, 0) is 14.3 Å². The highest BCUT2D eigenvalue weighted by Gasteiger charge is 2.14. The Morgan fingerprint density at radius 1 is 1.00 bits per heavy atom. The number of hydrogen-bond donors (Lipinski definition) is 3. The van der Waals surface area contributed by atoms with Crippen molar-refractivity contribution in [1.29, 1.82) is 0 Å². The number of ether oxygens (including phenoxy) is 1. The fraction of sp³-hybridized carbons (Fsp3) is 0.300. The maximum absolute atomic E-state index is 12.4. The standard InChI is InChI=1S/C20H25N3O3/c1-13-5-6-14(2)18(11-13)23-20(25)15(3)21-16-7-9-17(10-8-16)22-19(24)12-26-4/h5-11,15,21H,12H2,1-4H3,(H,22,24)(H,23,25)/t15-/m1/s1. The molecule has 138 valence electrons. The van der Waals surface area contributed by atoms with E-state index in [-0.39, 0.29) is 18.4 Å². The molecule has 0 unspecified atom stereocenters. The zero-order valence-electron chi connectivity index (χ0n) is 15.6. The van der Waals surface area contributed by atoms with Crippen LogP contribution in [0.1, 0.15) is 18.1 Å². The van der Waals surface area contributed by atoms with Gasteiger partial charge in [-0.3, -0.25) is 9.59 Å². The van der Waals surface area contributed by atoms with E-state index in [1.807, 2.05) is 44.2 Å². The summed E-state index contributed by atoms with van der Waals surface area (Å²) < 4.78 is 4.77. The lowest BCUT2D eigenvalue weighted by Gasteiger charge is -2.17. The highest BCUT2D eigenvalue weighted by molar-refractivity contribution is 5.97. The van der Waals surface area contributed by atoms with Crippen molar-refractivity contribution in [3.8, 4) is 0 Å². The van der Waals surface area contributed by atoms with E-state index in [4.69, 9.17) is 4.74 Å². The summed E-state index contributed by atoms with van der Waals surface area (Å²) in [5, 5.41) is 8.82. The maximum atomic E-state index is 12.4. The number of carbonyl (C=O) groups excluding carboxylic acids is 2. The van der Waals surface area contributed by atoms with Crippen LogP contribution in [0.4, 0.5) is 17.1 Å². The minimum absolute atomic E-state index is 0.00951. The van der Waals surface area contributed by atoms with Gasteiger partial charge in [0.2, 0.25) is 11.8 Å². The van der Waals surface area contributed by atoms with Crippen LogP contribution in [0.2, 0.25) is 0 Å². The molecule has 0 radical (unpaired) electrons. The molecule has 2 aromatic carbocycles. The van der Waals surface area contributed by atoms with Crippen LogP contribution in [-0.4, -0.2) is 31.6 Å². The van der Waals surface area contributed by atoms with Crippen LogP contribution in [0.3, 0.4) is 0 Å². The number of nitrogens with one attached hydrogen (secondary N) is 3. The van der Waals surface area contributed by atoms with E-state index in [0.717, 1.165) is 22.5 Å². The van der Waals surface area contributed by atoms with Gasteiger partial charge < -0.3 is 20.7 Å². The lowest BCUT2D eigenvalue weighted by Crippen LogP contribution is -2.32. The van der Waals surface area contributed by atoms with Crippen LogP contribution in [0.15, 0.2) is 42.5 Å². The molecule has 3 N–H and O–H groups in total. The molecule has 0 bridgehead atoms. The minimum Gasteiger partial charge on any atom is -0.375 e. The summed E-state index contributed by atoms with van der Waals surface area (Å²) in [6.45, 7) is 5.76. The summed E-state index contributed by atoms with van der Waals surface area (Å²) >= 11 is 0. The molecule has 2 amide bonds. The molecule has 0 fully saturated rings. The Labute approximate surface area is 153 Å². The number of carbonyl (C=O) groups is 2. The number of aryl methyl sites for hydroxylation is 2. The van der Waals surface area contributed by atoms with Gasteiger partial charge in [-0.05, 0) is 62.2 Å². The fourth-order valence-electron chi connectivity index (χ4n) is 2.40. The van der Waals surface area contributed by atoms with Gasteiger partial charge in [0.15, 0.2) is 0 Å². The van der Waals surface area contributed by atoms with Crippen LogP contribution in [0, 0.1) is 13.8 Å². The summed E-state index contributed by atoms with van der Waals surface area (Å²) in [6.07, 6.45) is 0. The van der Waals surface area contributed by atoms with Crippen molar-refractivity contribution < 1.29 is 14.3 Å². The topological polar surface area (TPSA) is 79.5 Å². The highest BCUT2D eigenvalue weighted by atomic mass is 16.5. The van der Waals surface area contributed by atoms with E-state index < -0.39 is 6.04 Å². The zero-order valence-corrected chi connectivity index (χ0v) is 15.6. The molecule has 0 aliphatic rings. The third kappa shape index (κ3) is 5.60. The lowest BCUT2D eigenvalue weighted by atomic mass is 10.1. The van der Waals surface area contributed by atoms with Crippen LogP contribution >= 0.6 is 0 Å². The first-order chi connectivity index (χ1) is 12.4. The van der Waals surface area contributed by atoms with Crippen molar-refractivity contribution in [3.63, 3.8) is 0 Å². The van der Waals surface area contributed by atoms with E-state index in [0.29, 0.717) is 5.69 Å². The molecule has 0 saturated heterocycles. The number of rotatable bonds is 7. The van der Waals surface area contributed by atoms with Gasteiger partial charge in [-0.1, -0.05) is 12.1 Å². The molecule has 1 atom stereocenters. The summed E-state index contributed by atoms with van der Waals surface area (Å²) in [5.74, 6) is -0.328. The molecule has 0 aliphatic carbocycles. The molecule has 6 nitrogen and oxygen atoms in total. The predicted molar refractivity (Wildman–Crippen MR) is 105 cm³/mol. The van der Waals surface area contributed by atoms with E-state index >= 15 is 0 Å². The molecule has 26 heavy (non-hydrogen) atoms. The summed E-state index contributed by atoms with van der Waals surface area (Å²) in [5.41, 5.74) is 4.40. The monoisotopic (exact) mass is 355 g/mol. The smallest absolute Gasteiger partial charge is 0.250 e. The molecule has 0 spiro atoms. The van der Waals surface area contributed by atoms with Crippen molar-refractivity contribution in [1.82, 2.24) is 0 Å². The second-order valence-electron chi connectivity index (χ2n) is 6.23. The van der Waals surface area contributed by atoms with Gasteiger partial charge >= 0.3 is 0 Å². The van der Waals surface area contributed by atoms with Gasteiger partial charge in [0, 0.05) is 24.2 Å². The maximum Gasteiger partial charge on any atom is 0.250 e. The molecule has 6 heteroatoms. The summed E-state index contributed by atoms with van der Waals surface area (Å²) in [7, 11) is 1.47. The molecule has 0 heterocycles. The van der Waals surface area contributed by atoms with Gasteiger partial charge in [0.25, 0.3) is 0 Å². The Morgan fingerprint density at radius 3 is 2.31 bits per heavy atom. The van der Waals surface area contributed by atoms with Crippen LogP contribution < -0.4 is 16.0 Å². The SMILES string of the molecule is COCC(=O)Nc1ccc(N[C@H](C)C(=O)Nc2cc(C)ccc2C)cc1. The largest absolute Gasteiger partial charge is 0.375 e. The van der Waals surface area contributed by atoms with Gasteiger partial charge in [0.05, 0.1) is 0 Å². The van der Waals surface area contributed by atoms with Crippen molar-refractivity contribution >= 4 is 28.9 Å². The Morgan fingerprint density at radius 2 is 1.65 bits per heavy atom. The Kier molecular flexibility index (Phi) is 6.74. The summed E-state index contributed by atoms with van der Waals surface area (Å²) in [4.78, 5) is 23.9. The molecule has 0 aromatic heterocycles. The molecular formula is C20H25N3O3. The lowest BCUT2D eigenvalue weighted by molar-refractivity contribution is -0.119. The third-order valence-electron chi connectivity index (χ3n) is 3.87. The average Bonchev–Trinajstić information content (AvgIpc) is 2.60. The number of anilines is 3. The molecule has 2 rings (SSSR count). The predicted octanol–water partition coefficient (Wildman–Crippen LogP) is 3.33. The first kappa shape index (κ1) is 19.5. The van der Waals surface area contributed by atoms with Gasteiger partial charge in [-0.2, -0.15) is 0 Å². The normalized spacial score (nSPS) is 11.5. The highest BCUT2D eigenvalue weighted by Crippen LogP contribution is 2.18. The van der Waals surface area contributed by atoms with Crippen molar-refractivity contribution in [2.75, 3.05) is 29.7 Å². The minimum atomic E-state index is -0.413. The number of amides is 2. The first-order valence-electron chi connectivity index (χ1n) is 8.42. The zero-order chi connectivity index (χ0) is 19.1. The first-order valence-corrected chi connectivity index (χ1v) is 8.42. The average molecular weight is 355 g/mol. The number of benzene rings is 2. The van der Waals surface area contributed by atoms with Gasteiger partial charge in [-0.15, -0.1) is 0 Å². The second kappa shape index (κ2) is 9.01. The number of methoxy groups -OCH3 is 1. The van der Waals surface area contributed by atoms with Crippen LogP contribution in [0.5, 0.6) is 0 Å². The number of hydrogen-bond acceptors (Lipinski definition) is 4. The summed E-state index contributed by atoms with van der Waals surface area (Å²) in [6, 6.07) is 12.7. The second-order valence-corrected chi connectivity index (χ2v) is 6.23. The quantitative estimate of drug-likeness (QED) is 0.712. The molecular weight excluding hydrogens is 330 g/mol. The molecule has 0 saturated carbocycles. The molecule has 2 aromatic rings. The van der Waals surface area contributed by atoms with Crippen LogP contribution in [0.25, 0.3) is 0 Å². The Hall–Kier alpha value is -2.86.